The third-order valence-corrected chi connectivity index (χ3v) is 9.30. The normalized spacial score (nSPS) is 12.3. The molecular formula is C29H29Cl3N4O6S. The number of nitrogen functional groups attached to an aromatic ring is 1. The first kappa shape index (κ1) is 35.5. The number of hydrogen-bond donors (Lipinski definition) is 4. The van der Waals surface area contributed by atoms with E-state index in [1.165, 1.54) is 31.2 Å². The Balaban J connectivity index is 0.00000323. The second-order valence-corrected chi connectivity index (χ2v) is 12.0. The fourth-order valence-electron chi connectivity index (χ4n) is 4.26. The molecule has 4 rings (SSSR count). The van der Waals surface area contributed by atoms with Crippen LogP contribution in [0.15, 0.2) is 83.8 Å². The second kappa shape index (κ2) is 14.2. The molecule has 0 saturated heterocycles. The van der Waals surface area contributed by atoms with E-state index in [1.807, 2.05) is 0 Å². The molecule has 0 bridgehead atoms. The van der Waals surface area contributed by atoms with Crippen molar-refractivity contribution in [3.63, 3.8) is 0 Å². The van der Waals surface area contributed by atoms with Crippen molar-refractivity contribution in [2.75, 3.05) is 6.61 Å². The Hall–Kier alpha value is -3.71. The van der Waals surface area contributed by atoms with Gasteiger partial charge in [0.25, 0.3) is 5.91 Å². The first-order chi connectivity index (χ1) is 19.4. The minimum atomic E-state index is -4.72. The molecule has 0 aromatic heterocycles. The Morgan fingerprint density at radius 1 is 1.00 bits per heavy atom. The molecule has 0 radical (unpaired) electrons. The zero-order valence-electron chi connectivity index (χ0n) is 22.7. The molecule has 0 aliphatic carbocycles. The lowest BCUT2D eigenvalue weighted by Crippen LogP contribution is -2.52. The highest BCUT2D eigenvalue weighted by Crippen LogP contribution is 2.38. The fraction of sp³-hybridized carbons (Fsp3) is 0.138. The number of halogens is 3. The van der Waals surface area contributed by atoms with Crippen LogP contribution in [0.3, 0.4) is 0 Å². The number of esters is 1. The van der Waals surface area contributed by atoms with E-state index in [0.717, 1.165) is 11.6 Å². The van der Waals surface area contributed by atoms with Crippen LogP contribution < -0.4 is 16.8 Å². The predicted octanol–water partition coefficient (Wildman–Crippen LogP) is 4.11. The van der Waals surface area contributed by atoms with Crippen LogP contribution in [0.5, 0.6) is 0 Å². The topological polar surface area (TPSA) is 197 Å². The van der Waals surface area contributed by atoms with Gasteiger partial charge in [0.2, 0.25) is 14.7 Å². The van der Waals surface area contributed by atoms with E-state index in [9.17, 15) is 18.0 Å². The van der Waals surface area contributed by atoms with Crippen LogP contribution in [0.4, 0.5) is 0 Å². The Labute approximate surface area is 264 Å². The largest absolute Gasteiger partial charge is 0.464 e. The van der Waals surface area contributed by atoms with Crippen molar-refractivity contribution in [3.05, 3.63) is 111 Å². The number of ether oxygens (including phenoxy) is 1. The van der Waals surface area contributed by atoms with Crippen molar-refractivity contribution in [2.45, 2.75) is 23.2 Å². The van der Waals surface area contributed by atoms with Gasteiger partial charge in [-0.25, -0.2) is 13.2 Å². The number of fused-ring (bicyclic) bond motifs is 1. The number of nitrogens with two attached hydrogens (primary N) is 2. The molecule has 228 valence electrons. The fourth-order valence-corrected chi connectivity index (χ4v) is 6.59. The molecular weight excluding hydrogens is 639 g/mol. The van der Waals surface area contributed by atoms with Crippen LogP contribution in [0, 0.1) is 5.41 Å². The van der Waals surface area contributed by atoms with Crippen molar-refractivity contribution >= 4 is 73.9 Å². The number of carbonyl (C=O) groups is 2. The highest BCUT2D eigenvalue weighted by molar-refractivity contribution is 7.93. The van der Waals surface area contributed by atoms with Crippen LogP contribution in [-0.2, 0) is 30.8 Å². The zero-order chi connectivity index (χ0) is 29.9. The molecule has 14 heteroatoms. The number of sulfone groups is 1. The summed E-state index contributed by atoms with van der Waals surface area (Å²) in [4.78, 5) is 23.4. The van der Waals surface area contributed by atoms with Crippen LogP contribution in [0.1, 0.15) is 34.0 Å². The number of rotatable bonds is 9. The van der Waals surface area contributed by atoms with Gasteiger partial charge in [-0.3, -0.25) is 15.9 Å². The molecule has 0 heterocycles. The standard InChI is InChI=1S/C29H26Cl2N4O5S.ClH.H2O/c1-2-40-28(37)29(34,41(38,39)25-15-21(30)12-13-24(25)31)20-11-10-18-4-3-5-22(23(18)14-20)27(36)35-16-17-6-8-19(9-7-17)26(32)33;;/h3-15H,2,16,34H2,1H3,(H3,32,33)(H,35,36);1H;1H2. The van der Waals surface area contributed by atoms with Crippen LogP contribution >= 0.6 is 35.6 Å². The number of amidine groups is 1. The highest BCUT2D eigenvalue weighted by Gasteiger charge is 2.52. The molecule has 1 unspecified atom stereocenters. The van der Waals surface area contributed by atoms with Gasteiger partial charge in [0, 0.05) is 22.7 Å². The maximum Gasteiger partial charge on any atom is 0.347 e. The smallest absolute Gasteiger partial charge is 0.347 e. The van der Waals surface area contributed by atoms with Crippen molar-refractivity contribution in [1.29, 1.82) is 5.41 Å². The van der Waals surface area contributed by atoms with Gasteiger partial charge in [-0.05, 0) is 59.2 Å². The number of benzene rings is 4. The summed E-state index contributed by atoms with van der Waals surface area (Å²) >= 11 is 12.3. The van der Waals surface area contributed by atoms with Gasteiger partial charge in [-0.2, -0.15) is 0 Å². The average Bonchev–Trinajstić information content (AvgIpc) is 2.96. The molecule has 0 saturated carbocycles. The van der Waals surface area contributed by atoms with Crippen molar-refractivity contribution in [3.8, 4) is 0 Å². The minimum Gasteiger partial charge on any atom is -0.464 e. The van der Waals surface area contributed by atoms with Gasteiger partial charge >= 0.3 is 5.97 Å². The van der Waals surface area contributed by atoms with Crippen LogP contribution in [-0.4, -0.2) is 38.2 Å². The Bertz CT molecular complexity index is 1790. The molecule has 0 aliphatic rings. The highest BCUT2D eigenvalue weighted by atomic mass is 35.5. The molecule has 10 nitrogen and oxygen atoms in total. The molecule has 4 aromatic rings. The van der Waals surface area contributed by atoms with Crippen LogP contribution in [0.2, 0.25) is 10.0 Å². The molecule has 8 N–H and O–H groups in total. The lowest BCUT2D eigenvalue weighted by molar-refractivity contribution is -0.146. The summed E-state index contributed by atoms with van der Waals surface area (Å²) in [6.45, 7) is 1.57. The number of amides is 1. The Morgan fingerprint density at radius 2 is 1.67 bits per heavy atom. The number of carbonyl (C=O) groups excluding carboxylic acids is 2. The summed E-state index contributed by atoms with van der Waals surface area (Å²) < 4.78 is 33.0. The second-order valence-electron chi connectivity index (χ2n) is 9.07. The van der Waals surface area contributed by atoms with E-state index < -0.39 is 31.5 Å². The monoisotopic (exact) mass is 666 g/mol. The first-order valence-corrected chi connectivity index (χ1v) is 14.5. The maximum absolute atomic E-state index is 14.0. The van der Waals surface area contributed by atoms with E-state index in [2.05, 4.69) is 5.32 Å². The summed E-state index contributed by atoms with van der Waals surface area (Å²) in [5.41, 5.74) is 13.4. The quantitative estimate of drug-likeness (QED) is 0.117. The maximum atomic E-state index is 14.0. The zero-order valence-corrected chi connectivity index (χ0v) is 25.8. The summed E-state index contributed by atoms with van der Waals surface area (Å²) in [7, 11) is -4.72. The molecule has 1 atom stereocenters. The third-order valence-electron chi connectivity index (χ3n) is 6.46. The molecule has 1 amide bonds. The molecule has 43 heavy (non-hydrogen) atoms. The summed E-state index contributed by atoms with van der Waals surface area (Å²) in [6, 6.07) is 20.0. The van der Waals surface area contributed by atoms with E-state index in [4.69, 9.17) is 44.8 Å². The summed E-state index contributed by atoms with van der Waals surface area (Å²) in [6.07, 6.45) is 0. The lowest BCUT2D eigenvalue weighted by atomic mass is 9.98. The number of hydrogen-bond acceptors (Lipinski definition) is 7. The Morgan fingerprint density at radius 3 is 2.30 bits per heavy atom. The van der Waals surface area contributed by atoms with Crippen LogP contribution in [0.25, 0.3) is 10.8 Å². The SMILES string of the molecule is CCOC(=O)C(N)(c1ccc2cccc(C(=O)NCc3ccc(C(=N)N)cc3)c2c1)S(=O)(=O)c1cc(Cl)ccc1Cl.Cl.O. The number of nitrogens with one attached hydrogen (secondary N) is 2. The van der Waals surface area contributed by atoms with Gasteiger partial charge in [-0.1, -0.05) is 71.7 Å². The van der Waals surface area contributed by atoms with E-state index in [0.29, 0.717) is 16.3 Å². The first-order valence-electron chi connectivity index (χ1n) is 12.3. The van der Waals surface area contributed by atoms with Gasteiger partial charge < -0.3 is 21.3 Å². The van der Waals surface area contributed by atoms with Gasteiger partial charge in [0.1, 0.15) is 5.84 Å². The molecule has 4 aromatic carbocycles. The average molecular weight is 668 g/mol. The molecule has 0 spiro atoms. The third kappa shape index (κ3) is 6.93. The van der Waals surface area contributed by atoms with Gasteiger partial charge in [0.15, 0.2) is 0 Å². The molecule has 0 aliphatic heterocycles. The summed E-state index contributed by atoms with van der Waals surface area (Å²) in [5.74, 6) is -1.72. The van der Waals surface area contributed by atoms with Gasteiger partial charge in [0.05, 0.1) is 16.5 Å². The summed E-state index contributed by atoms with van der Waals surface area (Å²) in [5, 5.41) is 11.2. The molecule has 0 fully saturated rings. The van der Waals surface area contributed by atoms with Gasteiger partial charge in [-0.15, -0.1) is 12.4 Å². The Kier molecular flexibility index (Phi) is 11.7. The van der Waals surface area contributed by atoms with Crippen molar-refractivity contribution < 1.29 is 28.2 Å². The van der Waals surface area contributed by atoms with E-state index in [1.54, 1.807) is 48.5 Å². The van der Waals surface area contributed by atoms with E-state index >= 15 is 0 Å². The predicted molar refractivity (Wildman–Crippen MR) is 170 cm³/mol. The lowest BCUT2D eigenvalue weighted by Gasteiger charge is -2.28. The minimum absolute atomic E-state index is 0. The van der Waals surface area contributed by atoms with Crippen molar-refractivity contribution in [1.82, 2.24) is 5.32 Å². The van der Waals surface area contributed by atoms with E-state index in [-0.39, 0.29) is 58.0 Å². The van der Waals surface area contributed by atoms with Crippen molar-refractivity contribution in [2.24, 2.45) is 11.5 Å².